The molecular weight excluding hydrogens is 286 g/mol. The number of nitrogens with one attached hydrogen (secondary N) is 2. The molecule has 0 heterocycles. The molecule has 0 aliphatic carbocycles. The third kappa shape index (κ3) is 4.84. The lowest BCUT2D eigenvalue weighted by Gasteiger charge is -2.08. The highest BCUT2D eigenvalue weighted by atomic mass is 19.1. The molecule has 3 nitrogen and oxygen atoms in total. The van der Waals surface area contributed by atoms with Gasteiger partial charge < -0.3 is 10.6 Å². The molecule has 5 heteroatoms. The van der Waals surface area contributed by atoms with Crippen molar-refractivity contribution in [1.82, 2.24) is 10.6 Å². The highest BCUT2D eigenvalue weighted by Gasteiger charge is 2.03. The Morgan fingerprint density at radius 3 is 2.36 bits per heavy atom. The van der Waals surface area contributed by atoms with Crippen LogP contribution >= 0.6 is 0 Å². The van der Waals surface area contributed by atoms with Crippen molar-refractivity contribution in [2.45, 2.75) is 19.9 Å². The summed E-state index contributed by atoms with van der Waals surface area (Å²) >= 11 is 0. The molecule has 116 valence electrons. The lowest BCUT2D eigenvalue weighted by molar-refractivity contribution is 0.240. The summed E-state index contributed by atoms with van der Waals surface area (Å²) in [6, 6.07) is 10.7. The van der Waals surface area contributed by atoms with Gasteiger partial charge >= 0.3 is 6.03 Å². The van der Waals surface area contributed by atoms with E-state index in [4.69, 9.17) is 0 Å². The van der Waals surface area contributed by atoms with Gasteiger partial charge in [0.05, 0.1) is 0 Å². The molecule has 2 rings (SSSR count). The molecule has 2 aromatic carbocycles. The maximum absolute atomic E-state index is 13.4. The topological polar surface area (TPSA) is 41.1 Å². The van der Waals surface area contributed by atoms with Crippen molar-refractivity contribution in [2.24, 2.45) is 0 Å². The number of rotatable bonds is 5. The van der Waals surface area contributed by atoms with E-state index in [1.54, 1.807) is 31.2 Å². The quantitative estimate of drug-likeness (QED) is 0.874. The highest BCUT2D eigenvalue weighted by Crippen LogP contribution is 2.08. The SMILES string of the molecule is Cc1ccc(CNC(=O)NCCc2ccc(F)cc2)cc1F. The predicted octanol–water partition coefficient (Wildman–Crippen LogP) is 3.32. The van der Waals surface area contributed by atoms with Gasteiger partial charge in [0, 0.05) is 13.1 Å². The summed E-state index contributed by atoms with van der Waals surface area (Å²) in [5, 5.41) is 5.37. The van der Waals surface area contributed by atoms with E-state index in [-0.39, 0.29) is 24.2 Å². The zero-order chi connectivity index (χ0) is 15.9. The van der Waals surface area contributed by atoms with Gasteiger partial charge in [-0.2, -0.15) is 0 Å². The van der Waals surface area contributed by atoms with Crippen LogP contribution in [-0.4, -0.2) is 12.6 Å². The Balaban J connectivity index is 1.71. The van der Waals surface area contributed by atoms with Crippen LogP contribution in [0.2, 0.25) is 0 Å². The van der Waals surface area contributed by atoms with Crippen molar-refractivity contribution in [3.63, 3.8) is 0 Å². The molecular formula is C17H18F2N2O. The molecule has 0 atom stereocenters. The van der Waals surface area contributed by atoms with E-state index in [0.717, 1.165) is 5.56 Å². The van der Waals surface area contributed by atoms with E-state index in [2.05, 4.69) is 10.6 Å². The summed E-state index contributed by atoms with van der Waals surface area (Å²) in [7, 11) is 0. The Hall–Kier alpha value is -2.43. The normalized spacial score (nSPS) is 10.3. The Morgan fingerprint density at radius 2 is 1.68 bits per heavy atom. The number of urea groups is 1. The molecule has 0 fully saturated rings. The Kier molecular flexibility index (Phi) is 5.47. The average Bonchev–Trinajstić information content (AvgIpc) is 2.50. The summed E-state index contributed by atoms with van der Waals surface area (Å²) in [4.78, 5) is 11.6. The van der Waals surface area contributed by atoms with Crippen LogP contribution in [0.4, 0.5) is 13.6 Å². The third-order valence-electron chi connectivity index (χ3n) is 3.30. The van der Waals surface area contributed by atoms with Crippen molar-refractivity contribution < 1.29 is 13.6 Å². The van der Waals surface area contributed by atoms with Gasteiger partial charge in [-0.3, -0.25) is 0 Å². The van der Waals surface area contributed by atoms with Crippen LogP contribution in [0, 0.1) is 18.6 Å². The number of halogens is 2. The van der Waals surface area contributed by atoms with E-state index >= 15 is 0 Å². The van der Waals surface area contributed by atoms with Crippen molar-refractivity contribution >= 4 is 6.03 Å². The first-order valence-electron chi connectivity index (χ1n) is 7.06. The third-order valence-corrected chi connectivity index (χ3v) is 3.30. The molecule has 2 amide bonds. The molecule has 0 spiro atoms. The van der Waals surface area contributed by atoms with Crippen LogP contribution in [0.5, 0.6) is 0 Å². The maximum atomic E-state index is 13.4. The first-order valence-corrected chi connectivity index (χ1v) is 7.06. The number of amides is 2. The molecule has 2 N–H and O–H groups in total. The summed E-state index contributed by atoms with van der Waals surface area (Å²) in [5.74, 6) is -0.559. The zero-order valence-electron chi connectivity index (χ0n) is 12.3. The number of carbonyl (C=O) groups excluding carboxylic acids is 1. The summed E-state index contributed by atoms with van der Waals surface area (Å²) in [6.45, 7) is 2.40. The molecule has 0 aliphatic heterocycles. The lowest BCUT2D eigenvalue weighted by Crippen LogP contribution is -2.36. The first-order chi connectivity index (χ1) is 10.5. The van der Waals surface area contributed by atoms with Gasteiger partial charge in [-0.25, -0.2) is 13.6 Å². The van der Waals surface area contributed by atoms with E-state index in [0.29, 0.717) is 24.1 Å². The van der Waals surface area contributed by atoms with Gasteiger partial charge in [-0.1, -0.05) is 24.3 Å². The fourth-order valence-electron chi connectivity index (χ4n) is 1.96. The zero-order valence-corrected chi connectivity index (χ0v) is 12.3. The Labute approximate surface area is 128 Å². The molecule has 0 unspecified atom stereocenters. The number of aryl methyl sites for hydroxylation is 1. The number of hydrogen-bond acceptors (Lipinski definition) is 1. The van der Waals surface area contributed by atoms with Crippen LogP contribution < -0.4 is 10.6 Å². The lowest BCUT2D eigenvalue weighted by atomic mass is 10.1. The summed E-state index contributed by atoms with van der Waals surface area (Å²) < 4.78 is 26.1. The van der Waals surface area contributed by atoms with Crippen molar-refractivity contribution in [2.75, 3.05) is 6.54 Å². The molecule has 2 aromatic rings. The predicted molar refractivity (Wildman–Crippen MR) is 81.5 cm³/mol. The number of hydrogen-bond donors (Lipinski definition) is 2. The number of benzene rings is 2. The van der Waals surface area contributed by atoms with Crippen LogP contribution in [0.15, 0.2) is 42.5 Å². The van der Waals surface area contributed by atoms with Gasteiger partial charge in [-0.05, 0) is 48.2 Å². The standard InChI is InChI=1S/C17H18F2N2O/c1-12-2-3-14(10-16(12)19)11-21-17(22)20-9-8-13-4-6-15(18)7-5-13/h2-7,10H,8-9,11H2,1H3,(H2,20,21,22). The fraction of sp³-hybridized carbons (Fsp3) is 0.235. The van der Waals surface area contributed by atoms with Crippen LogP contribution in [0.1, 0.15) is 16.7 Å². The smallest absolute Gasteiger partial charge is 0.315 e. The fourth-order valence-corrected chi connectivity index (χ4v) is 1.96. The minimum absolute atomic E-state index is 0.263. The minimum Gasteiger partial charge on any atom is -0.338 e. The van der Waals surface area contributed by atoms with Crippen LogP contribution in [0.3, 0.4) is 0 Å². The van der Waals surface area contributed by atoms with Crippen molar-refractivity contribution in [3.8, 4) is 0 Å². The van der Waals surface area contributed by atoms with Gasteiger partial charge in [0.15, 0.2) is 0 Å². The molecule has 22 heavy (non-hydrogen) atoms. The summed E-state index contributed by atoms with van der Waals surface area (Å²) in [6.07, 6.45) is 0.618. The average molecular weight is 304 g/mol. The van der Waals surface area contributed by atoms with Gasteiger partial charge in [0.2, 0.25) is 0 Å². The largest absolute Gasteiger partial charge is 0.338 e. The Bertz CT molecular complexity index is 642. The molecule has 0 bridgehead atoms. The molecule has 0 saturated carbocycles. The van der Waals surface area contributed by atoms with Crippen LogP contribution in [0.25, 0.3) is 0 Å². The van der Waals surface area contributed by atoms with Crippen molar-refractivity contribution in [3.05, 3.63) is 70.8 Å². The molecule has 0 radical (unpaired) electrons. The van der Waals surface area contributed by atoms with E-state index in [9.17, 15) is 13.6 Å². The minimum atomic E-state index is -0.317. The molecule has 0 aromatic heterocycles. The highest BCUT2D eigenvalue weighted by molar-refractivity contribution is 5.73. The van der Waals surface area contributed by atoms with E-state index < -0.39 is 0 Å². The summed E-state index contributed by atoms with van der Waals surface area (Å²) in [5.41, 5.74) is 2.23. The van der Waals surface area contributed by atoms with Crippen LogP contribution in [-0.2, 0) is 13.0 Å². The second kappa shape index (κ2) is 7.54. The van der Waals surface area contributed by atoms with E-state index in [1.165, 1.54) is 18.2 Å². The second-order valence-corrected chi connectivity index (χ2v) is 5.07. The van der Waals surface area contributed by atoms with Gasteiger partial charge in [-0.15, -0.1) is 0 Å². The van der Waals surface area contributed by atoms with E-state index in [1.807, 2.05) is 0 Å². The first kappa shape index (κ1) is 15.9. The second-order valence-electron chi connectivity index (χ2n) is 5.07. The monoisotopic (exact) mass is 304 g/mol. The van der Waals surface area contributed by atoms with Gasteiger partial charge in [0.25, 0.3) is 0 Å². The number of carbonyl (C=O) groups is 1. The molecule has 0 aliphatic rings. The molecule has 0 saturated heterocycles. The maximum Gasteiger partial charge on any atom is 0.315 e. The Morgan fingerprint density at radius 1 is 1.00 bits per heavy atom. The van der Waals surface area contributed by atoms with Crippen molar-refractivity contribution in [1.29, 1.82) is 0 Å². The van der Waals surface area contributed by atoms with Gasteiger partial charge in [0.1, 0.15) is 11.6 Å².